The molecule has 0 bridgehead atoms. The highest BCUT2D eigenvalue weighted by atomic mass is 16.5. The van der Waals surface area contributed by atoms with E-state index in [4.69, 9.17) is 19.5 Å². The second-order valence-corrected chi connectivity index (χ2v) is 8.89. The zero-order chi connectivity index (χ0) is 18.2. The Balaban J connectivity index is 1.49. The molecule has 0 N–H and O–H groups in total. The minimum atomic E-state index is -0.0891. The molecule has 2 spiro atoms. The van der Waals surface area contributed by atoms with Crippen molar-refractivity contribution in [2.45, 2.75) is 81.2 Å². The summed E-state index contributed by atoms with van der Waals surface area (Å²) in [6, 6.07) is 10.5. The molecule has 4 heteroatoms. The minimum Gasteiger partial charge on any atom is -0.478 e. The van der Waals surface area contributed by atoms with Gasteiger partial charge in [-0.25, -0.2) is 9.98 Å². The van der Waals surface area contributed by atoms with Crippen LogP contribution in [0.5, 0.6) is 0 Å². The normalized spacial score (nSPS) is 26.0. The van der Waals surface area contributed by atoms with Crippen molar-refractivity contribution < 1.29 is 9.47 Å². The first-order valence-corrected chi connectivity index (χ1v) is 10.8. The van der Waals surface area contributed by atoms with Crippen molar-refractivity contribution in [1.82, 2.24) is 0 Å². The van der Waals surface area contributed by atoms with Crippen LogP contribution >= 0.6 is 0 Å². The molecule has 27 heavy (non-hydrogen) atoms. The largest absolute Gasteiger partial charge is 0.478 e. The van der Waals surface area contributed by atoms with Crippen molar-refractivity contribution in [3.8, 4) is 0 Å². The summed E-state index contributed by atoms with van der Waals surface area (Å²) < 4.78 is 12.5. The Kier molecular flexibility index (Phi) is 4.45. The Bertz CT molecular complexity index is 684. The molecule has 0 saturated heterocycles. The fraction of sp³-hybridized carbons (Fsp3) is 0.652. The van der Waals surface area contributed by atoms with Gasteiger partial charge in [-0.05, 0) is 31.2 Å². The van der Waals surface area contributed by atoms with E-state index in [2.05, 4.69) is 30.3 Å². The molecule has 2 heterocycles. The number of hydrogen-bond donors (Lipinski definition) is 0. The van der Waals surface area contributed by atoms with Crippen LogP contribution < -0.4 is 0 Å². The van der Waals surface area contributed by atoms with E-state index in [9.17, 15) is 0 Å². The van der Waals surface area contributed by atoms with Gasteiger partial charge in [0.05, 0.1) is 11.1 Å². The maximum absolute atomic E-state index is 6.24. The Hall–Kier alpha value is -1.84. The van der Waals surface area contributed by atoms with Gasteiger partial charge in [-0.2, -0.15) is 0 Å². The van der Waals surface area contributed by atoms with Crippen molar-refractivity contribution in [3.63, 3.8) is 0 Å². The topological polar surface area (TPSA) is 43.2 Å². The van der Waals surface area contributed by atoms with Gasteiger partial charge in [-0.1, -0.05) is 68.9 Å². The van der Waals surface area contributed by atoms with E-state index in [-0.39, 0.29) is 17.0 Å². The van der Waals surface area contributed by atoms with Crippen molar-refractivity contribution in [2.75, 3.05) is 13.2 Å². The SMILES string of the molecule is c1ccc(C(C2=NC3(CCCCC3)CO2)C2=NC3(CCCCC3)CO2)cc1. The zero-order valence-corrected chi connectivity index (χ0v) is 16.2. The van der Waals surface area contributed by atoms with Gasteiger partial charge in [0.1, 0.15) is 19.1 Å². The van der Waals surface area contributed by atoms with Crippen LogP contribution in [0.3, 0.4) is 0 Å². The lowest BCUT2D eigenvalue weighted by Crippen LogP contribution is -2.30. The van der Waals surface area contributed by atoms with Gasteiger partial charge in [-0.15, -0.1) is 0 Å². The van der Waals surface area contributed by atoms with E-state index in [1.807, 2.05) is 0 Å². The monoisotopic (exact) mass is 366 g/mol. The molecule has 4 aliphatic rings. The van der Waals surface area contributed by atoms with Gasteiger partial charge in [-0.3, -0.25) is 0 Å². The van der Waals surface area contributed by atoms with Gasteiger partial charge in [0.2, 0.25) is 11.8 Å². The van der Waals surface area contributed by atoms with E-state index < -0.39 is 0 Å². The molecule has 0 atom stereocenters. The van der Waals surface area contributed by atoms with Crippen LogP contribution in [0.15, 0.2) is 40.3 Å². The molecule has 2 saturated carbocycles. The molecule has 2 fully saturated rings. The van der Waals surface area contributed by atoms with Crippen LogP contribution in [0.1, 0.15) is 75.7 Å². The number of hydrogen-bond acceptors (Lipinski definition) is 4. The minimum absolute atomic E-state index is 0.00229. The molecule has 2 aliphatic heterocycles. The number of benzene rings is 1. The van der Waals surface area contributed by atoms with Crippen molar-refractivity contribution in [3.05, 3.63) is 35.9 Å². The Labute approximate surface area is 162 Å². The van der Waals surface area contributed by atoms with Gasteiger partial charge >= 0.3 is 0 Å². The first kappa shape index (κ1) is 17.3. The van der Waals surface area contributed by atoms with Crippen LogP contribution in [0.2, 0.25) is 0 Å². The lowest BCUT2D eigenvalue weighted by molar-refractivity contribution is 0.199. The van der Waals surface area contributed by atoms with Crippen molar-refractivity contribution in [1.29, 1.82) is 0 Å². The maximum atomic E-state index is 6.24. The predicted molar refractivity (Wildman–Crippen MR) is 108 cm³/mol. The number of ether oxygens (including phenoxy) is 2. The smallest absolute Gasteiger partial charge is 0.201 e. The molecular weight excluding hydrogens is 336 g/mol. The van der Waals surface area contributed by atoms with Crippen molar-refractivity contribution in [2.24, 2.45) is 9.98 Å². The number of aliphatic imine (C=N–C) groups is 2. The molecule has 0 radical (unpaired) electrons. The summed E-state index contributed by atoms with van der Waals surface area (Å²) in [4.78, 5) is 10.3. The molecular formula is C23H30N2O2. The molecule has 1 aromatic carbocycles. The molecule has 0 aromatic heterocycles. The third-order valence-corrected chi connectivity index (χ3v) is 6.87. The summed E-state index contributed by atoms with van der Waals surface area (Å²) in [5.74, 6) is 1.57. The van der Waals surface area contributed by atoms with Gasteiger partial charge in [0.25, 0.3) is 0 Å². The van der Waals surface area contributed by atoms with E-state index in [0.29, 0.717) is 0 Å². The Morgan fingerprint density at radius 2 is 1.15 bits per heavy atom. The highest BCUT2D eigenvalue weighted by molar-refractivity contribution is 6.07. The van der Waals surface area contributed by atoms with E-state index in [1.165, 1.54) is 44.1 Å². The molecule has 2 aliphatic carbocycles. The Morgan fingerprint density at radius 3 is 1.63 bits per heavy atom. The fourth-order valence-electron chi connectivity index (χ4n) is 5.28. The average molecular weight is 367 g/mol. The van der Waals surface area contributed by atoms with Crippen LogP contribution in [0, 0.1) is 0 Å². The summed E-state index contributed by atoms with van der Waals surface area (Å²) in [5.41, 5.74) is 1.18. The summed E-state index contributed by atoms with van der Waals surface area (Å²) >= 11 is 0. The average Bonchev–Trinajstić information content (AvgIpc) is 3.29. The summed E-state index contributed by atoms with van der Waals surface area (Å²) in [7, 11) is 0. The highest BCUT2D eigenvalue weighted by Gasteiger charge is 2.45. The van der Waals surface area contributed by atoms with Crippen LogP contribution in [-0.2, 0) is 9.47 Å². The van der Waals surface area contributed by atoms with Crippen LogP contribution in [-0.4, -0.2) is 36.1 Å². The first-order chi connectivity index (χ1) is 13.3. The highest BCUT2D eigenvalue weighted by Crippen LogP contribution is 2.41. The third-order valence-electron chi connectivity index (χ3n) is 6.87. The lowest BCUT2D eigenvalue weighted by Gasteiger charge is -2.28. The van der Waals surface area contributed by atoms with Gasteiger partial charge in [0.15, 0.2) is 0 Å². The standard InChI is InChI=1S/C23H30N2O2/c1-4-10-18(11-5-1)19(20-24-22(16-26-20)12-6-2-7-13-22)21-25-23(17-27-21)14-8-3-9-15-23/h1,4-5,10-11,19H,2-3,6-9,12-17H2. The van der Waals surface area contributed by atoms with E-state index in [0.717, 1.165) is 50.7 Å². The van der Waals surface area contributed by atoms with Gasteiger partial charge < -0.3 is 9.47 Å². The lowest BCUT2D eigenvalue weighted by atomic mass is 9.83. The Morgan fingerprint density at radius 1 is 0.667 bits per heavy atom. The van der Waals surface area contributed by atoms with Crippen LogP contribution in [0.4, 0.5) is 0 Å². The second-order valence-electron chi connectivity index (χ2n) is 8.89. The number of rotatable bonds is 3. The van der Waals surface area contributed by atoms with Crippen LogP contribution in [0.25, 0.3) is 0 Å². The zero-order valence-electron chi connectivity index (χ0n) is 16.2. The predicted octanol–water partition coefficient (Wildman–Crippen LogP) is 5.03. The van der Waals surface area contributed by atoms with E-state index >= 15 is 0 Å². The summed E-state index contributed by atoms with van der Waals surface area (Å²) in [5, 5.41) is 0. The summed E-state index contributed by atoms with van der Waals surface area (Å²) in [6.45, 7) is 1.45. The maximum Gasteiger partial charge on any atom is 0.201 e. The molecule has 1 aromatic rings. The first-order valence-electron chi connectivity index (χ1n) is 10.8. The number of nitrogens with zero attached hydrogens (tertiary/aromatic N) is 2. The van der Waals surface area contributed by atoms with E-state index in [1.54, 1.807) is 0 Å². The third kappa shape index (κ3) is 3.28. The molecule has 5 rings (SSSR count). The quantitative estimate of drug-likeness (QED) is 0.753. The summed E-state index contributed by atoms with van der Waals surface area (Å²) in [6.07, 6.45) is 12.3. The molecule has 0 unspecified atom stereocenters. The molecule has 144 valence electrons. The fourth-order valence-corrected chi connectivity index (χ4v) is 5.28. The van der Waals surface area contributed by atoms with Crippen molar-refractivity contribution >= 4 is 11.8 Å². The molecule has 4 nitrogen and oxygen atoms in total. The molecule has 0 amide bonds. The second kappa shape index (κ2) is 6.96. The van der Waals surface area contributed by atoms with Gasteiger partial charge in [0, 0.05) is 0 Å².